The highest BCUT2D eigenvalue weighted by Crippen LogP contribution is 2.15. The van der Waals surface area contributed by atoms with Crippen molar-refractivity contribution in [1.82, 2.24) is 9.78 Å². The first-order chi connectivity index (χ1) is 7.59. The molecule has 5 nitrogen and oxygen atoms in total. The van der Waals surface area contributed by atoms with Gasteiger partial charge in [0.05, 0.1) is 11.8 Å². The molecular weight excluding hydrogens is 206 g/mol. The predicted octanol–water partition coefficient (Wildman–Crippen LogP) is 0.829. The first-order valence-electron chi connectivity index (χ1n) is 4.74. The summed E-state index contributed by atoms with van der Waals surface area (Å²) in [4.78, 5) is 11.6. The highest BCUT2D eigenvalue weighted by molar-refractivity contribution is 5.45. The lowest BCUT2D eigenvalue weighted by Gasteiger charge is -2.08. The molecule has 0 aliphatic rings. The van der Waals surface area contributed by atoms with E-state index in [0.717, 1.165) is 11.6 Å². The Bertz CT molecular complexity index is 590. The van der Waals surface area contributed by atoms with Gasteiger partial charge in [-0.2, -0.15) is 4.68 Å². The summed E-state index contributed by atoms with van der Waals surface area (Å²) >= 11 is 0. The molecule has 0 fully saturated rings. The number of aryl methyl sites for hydroxylation is 1. The van der Waals surface area contributed by atoms with Gasteiger partial charge in [-0.15, -0.1) is 5.10 Å². The molecule has 0 atom stereocenters. The second-order valence-electron chi connectivity index (χ2n) is 3.45. The van der Waals surface area contributed by atoms with Crippen molar-refractivity contribution in [2.75, 3.05) is 5.73 Å². The van der Waals surface area contributed by atoms with Crippen molar-refractivity contribution in [3.8, 4) is 11.4 Å². The normalized spacial score (nSPS) is 10.3. The fourth-order valence-corrected chi connectivity index (χ4v) is 1.43. The molecule has 0 amide bonds. The van der Waals surface area contributed by atoms with Crippen LogP contribution in [0.3, 0.4) is 0 Å². The van der Waals surface area contributed by atoms with Gasteiger partial charge >= 0.3 is 0 Å². The van der Waals surface area contributed by atoms with Gasteiger partial charge in [0, 0.05) is 0 Å². The van der Waals surface area contributed by atoms with E-state index in [2.05, 4.69) is 5.10 Å². The molecule has 5 heteroatoms. The highest BCUT2D eigenvalue weighted by atomic mass is 16.3. The largest absolute Gasteiger partial charge is 0.504 e. The third kappa shape index (κ3) is 1.63. The maximum atomic E-state index is 11.6. The van der Waals surface area contributed by atoms with Crippen LogP contribution in [-0.2, 0) is 0 Å². The second kappa shape index (κ2) is 3.69. The lowest BCUT2D eigenvalue weighted by Crippen LogP contribution is -2.21. The zero-order chi connectivity index (χ0) is 11.7. The Labute approximate surface area is 91.8 Å². The van der Waals surface area contributed by atoms with Crippen molar-refractivity contribution in [1.29, 1.82) is 0 Å². The van der Waals surface area contributed by atoms with E-state index in [-0.39, 0.29) is 11.6 Å². The van der Waals surface area contributed by atoms with Crippen LogP contribution in [0, 0.1) is 6.92 Å². The molecule has 2 rings (SSSR count). The van der Waals surface area contributed by atoms with Crippen LogP contribution in [0.4, 0.5) is 5.82 Å². The summed E-state index contributed by atoms with van der Waals surface area (Å²) in [5, 5.41) is 13.1. The molecule has 0 aliphatic heterocycles. The molecule has 1 aromatic heterocycles. The minimum atomic E-state index is -0.416. The molecule has 3 N–H and O–H groups in total. The van der Waals surface area contributed by atoms with E-state index >= 15 is 0 Å². The molecule has 16 heavy (non-hydrogen) atoms. The van der Waals surface area contributed by atoms with Gasteiger partial charge in [0.2, 0.25) is 0 Å². The van der Waals surface area contributed by atoms with E-state index in [4.69, 9.17) is 5.73 Å². The number of hydrogen-bond acceptors (Lipinski definition) is 4. The topological polar surface area (TPSA) is 81.1 Å². The first-order valence-corrected chi connectivity index (χ1v) is 4.74. The Morgan fingerprint density at radius 2 is 2.06 bits per heavy atom. The predicted molar refractivity (Wildman–Crippen MR) is 60.6 cm³/mol. The Kier molecular flexibility index (Phi) is 2.36. The Morgan fingerprint density at radius 1 is 1.38 bits per heavy atom. The number of rotatable bonds is 1. The zero-order valence-corrected chi connectivity index (χ0v) is 8.71. The standard InChI is InChI=1S/C11H11N3O2/c1-7-4-2-3-5-8(7)14-10(16)6-9(15)11(12)13-14/h2-6,15H,1H3,(H2,12,13). The van der Waals surface area contributed by atoms with Crippen molar-refractivity contribution in [3.63, 3.8) is 0 Å². The summed E-state index contributed by atoms with van der Waals surface area (Å²) < 4.78 is 1.17. The number of nitrogen functional groups attached to an aromatic ring is 1. The van der Waals surface area contributed by atoms with Gasteiger partial charge in [-0.05, 0) is 18.6 Å². The first kappa shape index (κ1) is 10.2. The van der Waals surface area contributed by atoms with E-state index in [1.54, 1.807) is 12.1 Å². The van der Waals surface area contributed by atoms with Crippen molar-refractivity contribution < 1.29 is 5.11 Å². The number of benzene rings is 1. The van der Waals surface area contributed by atoms with Crippen LogP contribution < -0.4 is 11.3 Å². The zero-order valence-electron chi connectivity index (χ0n) is 8.71. The summed E-state index contributed by atoms with van der Waals surface area (Å²) in [6.07, 6.45) is 0. The molecule has 0 bridgehead atoms. The summed E-state index contributed by atoms with van der Waals surface area (Å²) in [6.45, 7) is 1.87. The van der Waals surface area contributed by atoms with Crippen LogP contribution >= 0.6 is 0 Å². The van der Waals surface area contributed by atoms with Gasteiger partial charge in [0.25, 0.3) is 5.56 Å². The molecule has 1 aromatic carbocycles. The van der Waals surface area contributed by atoms with Crippen LogP contribution in [0.5, 0.6) is 5.75 Å². The molecule has 1 heterocycles. The Balaban J connectivity index is 2.70. The lowest BCUT2D eigenvalue weighted by molar-refractivity contribution is 0.471. The molecule has 0 aliphatic carbocycles. The van der Waals surface area contributed by atoms with E-state index in [0.29, 0.717) is 5.69 Å². The quantitative estimate of drug-likeness (QED) is 0.741. The molecule has 0 saturated carbocycles. The van der Waals surface area contributed by atoms with Gasteiger partial charge in [0.15, 0.2) is 11.6 Å². The number of aromatic nitrogens is 2. The van der Waals surface area contributed by atoms with Crippen molar-refractivity contribution in [2.45, 2.75) is 6.92 Å². The smallest absolute Gasteiger partial charge is 0.275 e. The molecule has 0 unspecified atom stereocenters. The van der Waals surface area contributed by atoms with Gasteiger partial charge in [-0.1, -0.05) is 18.2 Å². The number of nitrogens with two attached hydrogens (primary N) is 1. The third-order valence-electron chi connectivity index (χ3n) is 2.28. The number of aromatic hydroxyl groups is 1. The highest BCUT2D eigenvalue weighted by Gasteiger charge is 2.07. The van der Waals surface area contributed by atoms with E-state index < -0.39 is 5.56 Å². The summed E-state index contributed by atoms with van der Waals surface area (Å²) in [7, 11) is 0. The Hall–Kier alpha value is -2.30. The van der Waals surface area contributed by atoms with E-state index in [1.165, 1.54) is 4.68 Å². The van der Waals surface area contributed by atoms with Crippen LogP contribution in [0.2, 0.25) is 0 Å². The van der Waals surface area contributed by atoms with Crippen LogP contribution in [0.15, 0.2) is 35.1 Å². The van der Waals surface area contributed by atoms with Crippen LogP contribution in [0.1, 0.15) is 5.56 Å². The maximum Gasteiger partial charge on any atom is 0.275 e. The average Bonchev–Trinajstić information content (AvgIpc) is 2.25. The van der Waals surface area contributed by atoms with Gasteiger partial charge in [-0.25, -0.2) is 0 Å². The van der Waals surface area contributed by atoms with E-state index in [9.17, 15) is 9.90 Å². The van der Waals surface area contributed by atoms with Gasteiger partial charge in [0.1, 0.15) is 0 Å². The fourth-order valence-electron chi connectivity index (χ4n) is 1.43. The number of para-hydroxylation sites is 1. The summed E-state index contributed by atoms with van der Waals surface area (Å²) in [5.74, 6) is -0.363. The molecule has 0 saturated heterocycles. The van der Waals surface area contributed by atoms with Crippen LogP contribution in [-0.4, -0.2) is 14.9 Å². The maximum absolute atomic E-state index is 11.6. The summed E-state index contributed by atoms with van der Waals surface area (Å²) in [6, 6.07) is 8.36. The monoisotopic (exact) mass is 217 g/mol. The molecule has 0 radical (unpaired) electrons. The molecule has 0 spiro atoms. The number of anilines is 1. The Morgan fingerprint density at radius 3 is 2.75 bits per heavy atom. The van der Waals surface area contributed by atoms with E-state index in [1.807, 2.05) is 19.1 Å². The minimum Gasteiger partial charge on any atom is -0.504 e. The van der Waals surface area contributed by atoms with Crippen molar-refractivity contribution >= 4 is 5.82 Å². The average molecular weight is 217 g/mol. The molecule has 2 aromatic rings. The lowest BCUT2D eigenvalue weighted by atomic mass is 10.2. The number of nitrogens with zero attached hydrogens (tertiary/aromatic N) is 2. The van der Waals surface area contributed by atoms with Crippen LogP contribution in [0.25, 0.3) is 5.69 Å². The summed E-state index contributed by atoms with van der Waals surface area (Å²) in [5.41, 5.74) is 6.60. The second-order valence-corrected chi connectivity index (χ2v) is 3.45. The number of hydrogen-bond donors (Lipinski definition) is 2. The molecule has 82 valence electrons. The van der Waals surface area contributed by atoms with Crippen molar-refractivity contribution in [2.24, 2.45) is 0 Å². The van der Waals surface area contributed by atoms with Crippen molar-refractivity contribution in [3.05, 3.63) is 46.2 Å². The minimum absolute atomic E-state index is 0.0668. The van der Waals surface area contributed by atoms with Gasteiger partial charge in [-0.3, -0.25) is 4.79 Å². The molecular formula is C11H11N3O2. The SMILES string of the molecule is Cc1ccccc1-n1nc(N)c(O)cc1=O. The fraction of sp³-hybridized carbons (Fsp3) is 0.0909. The third-order valence-corrected chi connectivity index (χ3v) is 2.28. The van der Waals surface area contributed by atoms with Gasteiger partial charge < -0.3 is 10.8 Å².